The lowest BCUT2D eigenvalue weighted by molar-refractivity contribution is 0.122. The van der Waals surface area contributed by atoms with Crippen LogP contribution in [0.1, 0.15) is 0 Å². The van der Waals surface area contributed by atoms with Gasteiger partial charge >= 0.3 is 6.09 Å². The van der Waals surface area contributed by atoms with Gasteiger partial charge in [-0.05, 0) is 25.1 Å². The number of morpholine rings is 1. The summed E-state index contributed by atoms with van der Waals surface area (Å²) in [4.78, 5) is 14.9. The van der Waals surface area contributed by atoms with Crippen LogP contribution in [0.4, 0.5) is 20.6 Å². The molecule has 2 fully saturated rings. The number of hydrogen-bond donors (Lipinski definition) is 0. The minimum absolute atomic E-state index is 0.342. The Morgan fingerprint density at radius 3 is 2.65 bits per heavy atom. The molecule has 20 heavy (non-hydrogen) atoms. The lowest BCUT2D eigenvalue weighted by Crippen LogP contribution is -2.36. The van der Waals surface area contributed by atoms with Gasteiger partial charge in [-0.15, -0.1) is 0 Å². The summed E-state index contributed by atoms with van der Waals surface area (Å²) in [5.74, 6) is -0.343. The van der Waals surface area contributed by atoms with Crippen LogP contribution in [0.15, 0.2) is 18.2 Å². The largest absolute Gasteiger partial charge is 0.444 e. The van der Waals surface area contributed by atoms with Crippen molar-refractivity contribution < 1.29 is 18.7 Å². The van der Waals surface area contributed by atoms with Crippen molar-refractivity contribution in [3.05, 3.63) is 30.9 Å². The van der Waals surface area contributed by atoms with Crippen LogP contribution in [-0.2, 0) is 9.47 Å². The van der Waals surface area contributed by atoms with Crippen molar-refractivity contribution in [1.82, 2.24) is 0 Å². The van der Waals surface area contributed by atoms with Crippen molar-refractivity contribution in [2.24, 2.45) is 0 Å². The van der Waals surface area contributed by atoms with Gasteiger partial charge in [-0.1, -0.05) is 0 Å². The summed E-state index contributed by atoms with van der Waals surface area (Å²) in [6.07, 6.45) is -0.895. The van der Waals surface area contributed by atoms with E-state index in [1.807, 2.05) is 4.90 Å². The predicted octanol–water partition coefficient (Wildman–Crippen LogP) is 1.82. The highest BCUT2D eigenvalue weighted by molar-refractivity contribution is 5.90. The fraction of sp³-hybridized carbons (Fsp3) is 0.429. The summed E-state index contributed by atoms with van der Waals surface area (Å²) in [5.41, 5.74) is 1.03. The number of nitrogens with zero attached hydrogens (tertiary/aromatic N) is 2. The number of cyclic esters (lactones) is 1. The number of amides is 1. The van der Waals surface area contributed by atoms with Crippen LogP contribution in [-0.4, -0.2) is 45.0 Å². The van der Waals surface area contributed by atoms with Crippen molar-refractivity contribution in [2.45, 2.75) is 6.10 Å². The molecule has 0 saturated carbocycles. The van der Waals surface area contributed by atoms with E-state index >= 15 is 0 Å². The Morgan fingerprint density at radius 2 is 2.05 bits per heavy atom. The van der Waals surface area contributed by atoms with E-state index in [0.29, 0.717) is 44.2 Å². The van der Waals surface area contributed by atoms with E-state index in [-0.39, 0.29) is 5.82 Å². The molecule has 0 aromatic heterocycles. The van der Waals surface area contributed by atoms with E-state index < -0.39 is 12.2 Å². The first-order chi connectivity index (χ1) is 9.65. The van der Waals surface area contributed by atoms with Crippen molar-refractivity contribution in [2.75, 3.05) is 42.6 Å². The van der Waals surface area contributed by atoms with Crippen LogP contribution in [0.3, 0.4) is 0 Å². The van der Waals surface area contributed by atoms with Gasteiger partial charge in [0.05, 0.1) is 31.1 Å². The molecule has 0 N–H and O–H groups in total. The van der Waals surface area contributed by atoms with Gasteiger partial charge in [-0.3, -0.25) is 4.90 Å². The maximum absolute atomic E-state index is 14.2. The minimum atomic E-state index is -0.483. The molecule has 1 radical (unpaired) electrons. The Kier molecular flexibility index (Phi) is 3.48. The van der Waals surface area contributed by atoms with Crippen LogP contribution in [0.5, 0.6) is 0 Å². The highest BCUT2D eigenvalue weighted by Crippen LogP contribution is 2.28. The number of ether oxygens (including phenoxy) is 2. The van der Waals surface area contributed by atoms with Crippen LogP contribution in [0, 0.1) is 12.7 Å². The SMILES string of the molecule is [CH2][C@H]1CN(c2ccc(N3CCOCC3)c(F)c2)C(=O)O1. The Balaban J connectivity index is 1.82. The molecular weight excluding hydrogens is 263 g/mol. The molecule has 2 heterocycles. The predicted molar refractivity (Wildman–Crippen MR) is 72.4 cm³/mol. The third-order valence-electron chi connectivity index (χ3n) is 3.47. The van der Waals surface area contributed by atoms with E-state index in [9.17, 15) is 9.18 Å². The summed E-state index contributed by atoms with van der Waals surface area (Å²) >= 11 is 0. The summed E-state index contributed by atoms with van der Waals surface area (Å²) in [6, 6.07) is 4.79. The van der Waals surface area contributed by atoms with E-state index in [4.69, 9.17) is 9.47 Å². The molecule has 3 rings (SSSR count). The van der Waals surface area contributed by atoms with Crippen molar-refractivity contribution in [3.63, 3.8) is 0 Å². The normalized spacial score (nSPS) is 23.1. The second-order valence-corrected chi connectivity index (χ2v) is 4.85. The van der Waals surface area contributed by atoms with Gasteiger partial charge in [0.25, 0.3) is 0 Å². The molecule has 2 saturated heterocycles. The minimum Gasteiger partial charge on any atom is -0.444 e. The molecule has 0 bridgehead atoms. The first-order valence-electron chi connectivity index (χ1n) is 6.58. The number of rotatable bonds is 2. The number of anilines is 2. The zero-order valence-corrected chi connectivity index (χ0v) is 11.0. The molecule has 2 aliphatic rings. The quantitative estimate of drug-likeness (QED) is 0.828. The standard InChI is InChI=1S/C14H16FN2O3/c1-10-9-17(14(18)20-10)11-2-3-13(12(15)8-11)16-4-6-19-7-5-16/h2-3,8,10H,1,4-7,9H2/t10-/m0/s1. The van der Waals surface area contributed by atoms with Gasteiger partial charge < -0.3 is 14.4 Å². The second-order valence-electron chi connectivity index (χ2n) is 4.85. The average Bonchev–Trinajstić information content (AvgIpc) is 2.78. The molecular formula is C14H16FN2O3. The molecule has 0 spiro atoms. The molecule has 1 atom stereocenters. The Hall–Kier alpha value is -1.82. The molecule has 5 nitrogen and oxygen atoms in total. The summed E-state index contributed by atoms with van der Waals surface area (Å²) in [5, 5.41) is 0. The molecule has 107 valence electrons. The summed E-state index contributed by atoms with van der Waals surface area (Å²) in [6.45, 7) is 6.56. The Labute approximate surface area is 116 Å². The molecule has 0 unspecified atom stereocenters. The zero-order chi connectivity index (χ0) is 14.1. The van der Waals surface area contributed by atoms with E-state index in [2.05, 4.69) is 6.92 Å². The van der Waals surface area contributed by atoms with Gasteiger partial charge in [0.2, 0.25) is 0 Å². The fourth-order valence-electron chi connectivity index (χ4n) is 2.46. The highest BCUT2D eigenvalue weighted by Gasteiger charge is 2.30. The van der Waals surface area contributed by atoms with Gasteiger partial charge in [0.1, 0.15) is 11.9 Å². The second kappa shape index (κ2) is 5.28. The maximum atomic E-state index is 14.2. The molecule has 1 amide bonds. The number of carbonyl (C=O) groups excluding carboxylic acids is 1. The maximum Gasteiger partial charge on any atom is 0.414 e. The van der Waals surface area contributed by atoms with E-state index in [1.165, 1.54) is 11.0 Å². The third kappa shape index (κ3) is 2.43. The Morgan fingerprint density at radius 1 is 1.30 bits per heavy atom. The van der Waals surface area contributed by atoms with Gasteiger partial charge in [-0.25, -0.2) is 9.18 Å². The third-order valence-corrected chi connectivity index (χ3v) is 3.47. The number of halogens is 1. The smallest absolute Gasteiger partial charge is 0.414 e. The van der Waals surface area contributed by atoms with E-state index in [0.717, 1.165) is 0 Å². The monoisotopic (exact) mass is 279 g/mol. The lowest BCUT2D eigenvalue weighted by Gasteiger charge is -2.29. The molecule has 2 aliphatic heterocycles. The number of hydrogen-bond acceptors (Lipinski definition) is 4. The van der Waals surface area contributed by atoms with Crippen LogP contribution in [0.25, 0.3) is 0 Å². The summed E-state index contributed by atoms with van der Waals surface area (Å²) in [7, 11) is 0. The van der Waals surface area contributed by atoms with Gasteiger partial charge in [-0.2, -0.15) is 0 Å². The molecule has 6 heteroatoms. The van der Waals surface area contributed by atoms with Crippen LogP contribution >= 0.6 is 0 Å². The van der Waals surface area contributed by atoms with Crippen molar-refractivity contribution in [1.29, 1.82) is 0 Å². The lowest BCUT2D eigenvalue weighted by atomic mass is 10.2. The Bertz CT molecular complexity index is 517. The molecule has 1 aromatic carbocycles. The zero-order valence-electron chi connectivity index (χ0n) is 11.0. The molecule has 0 aliphatic carbocycles. The average molecular weight is 279 g/mol. The van der Waals surface area contributed by atoms with Crippen molar-refractivity contribution >= 4 is 17.5 Å². The first kappa shape index (κ1) is 13.2. The van der Waals surface area contributed by atoms with Gasteiger partial charge in [0.15, 0.2) is 0 Å². The van der Waals surface area contributed by atoms with Crippen LogP contribution < -0.4 is 9.80 Å². The topological polar surface area (TPSA) is 42.0 Å². The number of carbonyl (C=O) groups is 1. The highest BCUT2D eigenvalue weighted by atomic mass is 19.1. The molecule has 1 aromatic rings. The van der Waals surface area contributed by atoms with Crippen molar-refractivity contribution in [3.8, 4) is 0 Å². The van der Waals surface area contributed by atoms with Crippen LogP contribution in [0.2, 0.25) is 0 Å². The van der Waals surface area contributed by atoms with E-state index in [1.54, 1.807) is 12.1 Å². The summed E-state index contributed by atoms with van der Waals surface area (Å²) < 4.78 is 24.4. The first-order valence-corrected chi connectivity index (χ1v) is 6.58. The number of benzene rings is 1. The fourth-order valence-corrected chi connectivity index (χ4v) is 2.46. The van der Waals surface area contributed by atoms with Gasteiger partial charge in [0, 0.05) is 13.1 Å².